The summed E-state index contributed by atoms with van der Waals surface area (Å²) in [7, 11) is 0. The van der Waals surface area contributed by atoms with Crippen molar-refractivity contribution in [3.05, 3.63) is 12.3 Å². The lowest BCUT2D eigenvalue weighted by molar-refractivity contribution is -0.118. The zero-order valence-corrected chi connectivity index (χ0v) is 9.75. The molecule has 88 valence electrons. The highest BCUT2D eigenvalue weighted by molar-refractivity contribution is 5.90. The number of amides is 1. The number of aromatic amines is 1. The minimum atomic E-state index is 0.0913. The first-order chi connectivity index (χ1) is 7.68. The molecule has 1 heterocycles. The highest BCUT2D eigenvalue weighted by Gasteiger charge is 2.29. The van der Waals surface area contributed by atoms with Crippen LogP contribution in [0.5, 0.6) is 0 Å². The molecule has 0 atom stereocenters. The monoisotopic (exact) mass is 221 g/mol. The van der Waals surface area contributed by atoms with Gasteiger partial charge in [-0.25, -0.2) is 0 Å². The smallest absolute Gasteiger partial charge is 0.226 e. The lowest BCUT2D eigenvalue weighted by atomic mass is 9.73. The molecule has 1 aliphatic rings. The Morgan fingerprint density at radius 1 is 1.50 bits per heavy atom. The molecule has 0 bridgehead atoms. The Hall–Kier alpha value is -1.32. The van der Waals surface area contributed by atoms with Crippen LogP contribution >= 0.6 is 0 Å². The number of nitrogens with one attached hydrogen (secondary N) is 2. The van der Waals surface area contributed by atoms with E-state index in [1.165, 1.54) is 32.1 Å². The van der Waals surface area contributed by atoms with Crippen LogP contribution in [-0.4, -0.2) is 16.1 Å². The van der Waals surface area contributed by atoms with E-state index in [0.717, 1.165) is 0 Å². The Morgan fingerprint density at radius 2 is 2.25 bits per heavy atom. The van der Waals surface area contributed by atoms with E-state index < -0.39 is 0 Å². The van der Waals surface area contributed by atoms with E-state index in [0.29, 0.717) is 12.2 Å². The van der Waals surface area contributed by atoms with Gasteiger partial charge in [-0.2, -0.15) is 5.10 Å². The summed E-state index contributed by atoms with van der Waals surface area (Å²) >= 11 is 0. The molecule has 1 aliphatic carbocycles. The van der Waals surface area contributed by atoms with Crippen LogP contribution in [0.15, 0.2) is 12.3 Å². The van der Waals surface area contributed by atoms with Gasteiger partial charge >= 0.3 is 0 Å². The number of carbonyl (C=O) groups is 1. The minimum absolute atomic E-state index is 0.0913. The van der Waals surface area contributed by atoms with E-state index in [2.05, 4.69) is 22.4 Å². The third-order valence-corrected chi connectivity index (χ3v) is 3.42. The second kappa shape index (κ2) is 4.68. The lowest BCUT2D eigenvalue weighted by Crippen LogP contribution is -2.27. The van der Waals surface area contributed by atoms with Gasteiger partial charge < -0.3 is 5.32 Å². The number of nitrogens with zero attached hydrogens (tertiary/aromatic N) is 1. The van der Waals surface area contributed by atoms with Crippen LogP contribution in [0.3, 0.4) is 0 Å². The SMILES string of the molecule is CC1(CC(=O)Nc2ccn[nH]2)CCCCC1. The van der Waals surface area contributed by atoms with Crippen LogP contribution in [-0.2, 0) is 4.79 Å². The number of rotatable bonds is 3. The van der Waals surface area contributed by atoms with Crippen LogP contribution in [0.4, 0.5) is 5.82 Å². The van der Waals surface area contributed by atoms with Crippen LogP contribution in [0.25, 0.3) is 0 Å². The Morgan fingerprint density at radius 3 is 2.88 bits per heavy atom. The van der Waals surface area contributed by atoms with Gasteiger partial charge in [0, 0.05) is 12.5 Å². The predicted molar refractivity (Wildman–Crippen MR) is 63.0 cm³/mol. The molecule has 1 aromatic heterocycles. The number of anilines is 1. The first kappa shape index (κ1) is 11.2. The third kappa shape index (κ3) is 2.84. The second-order valence-electron chi connectivity index (χ2n) is 5.07. The molecule has 2 N–H and O–H groups in total. The summed E-state index contributed by atoms with van der Waals surface area (Å²) in [5.74, 6) is 0.776. The van der Waals surface area contributed by atoms with Gasteiger partial charge in [0.2, 0.25) is 5.91 Å². The first-order valence-electron chi connectivity index (χ1n) is 5.97. The van der Waals surface area contributed by atoms with Crippen molar-refractivity contribution in [3.8, 4) is 0 Å². The number of H-pyrrole nitrogens is 1. The van der Waals surface area contributed by atoms with E-state index in [1.54, 1.807) is 12.3 Å². The fourth-order valence-electron chi connectivity index (χ4n) is 2.49. The fourth-order valence-corrected chi connectivity index (χ4v) is 2.49. The van der Waals surface area contributed by atoms with Crippen molar-refractivity contribution in [2.45, 2.75) is 45.4 Å². The zero-order chi connectivity index (χ0) is 11.4. The summed E-state index contributed by atoms with van der Waals surface area (Å²) in [6, 6.07) is 1.76. The molecule has 0 radical (unpaired) electrons. The maximum atomic E-state index is 11.8. The van der Waals surface area contributed by atoms with Gasteiger partial charge in [0.15, 0.2) is 0 Å². The molecule has 0 saturated heterocycles. The molecule has 0 aromatic carbocycles. The summed E-state index contributed by atoms with van der Waals surface area (Å²) in [6.07, 6.45) is 8.43. The predicted octanol–water partition coefficient (Wildman–Crippen LogP) is 2.71. The van der Waals surface area contributed by atoms with E-state index in [1.807, 2.05) is 0 Å². The molecule has 0 spiro atoms. The zero-order valence-electron chi connectivity index (χ0n) is 9.75. The maximum absolute atomic E-state index is 11.8. The molecular weight excluding hydrogens is 202 g/mol. The third-order valence-electron chi connectivity index (χ3n) is 3.42. The number of hydrogen-bond donors (Lipinski definition) is 2. The van der Waals surface area contributed by atoms with Crippen LogP contribution in [0, 0.1) is 5.41 Å². The average Bonchev–Trinajstić information content (AvgIpc) is 2.70. The normalized spacial score (nSPS) is 19.3. The van der Waals surface area contributed by atoms with Crippen molar-refractivity contribution in [3.63, 3.8) is 0 Å². The quantitative estimate of drug-likeness (QED) is 0.824. The highest BCUT2D eigenvalue weighted by atomic mass is 16.1. The standard InChI is InChI=1S/C12H19N3O/c1-12(6-3-2-4-7-12)9-11(16)14-10-5-8-13-15-10/h5,8H,2-4,6-7,9H2,1H3,(H2,13,14,15,16). The summed E-state index contributed by atoms with van der Waals surface area (Å²) < 4.78 is 0. The average molecular weight is 221 g/mol. The van der Waals surface area contributed by atoms with E-state index in [9.17, 15) is 4.79 Å². The molecule has 4 heteroatoms. The summed E-state index contributed by atoms with van der Waals surface area (Å²) in [5.41, 5.74) is 0.197. The van der Waals surface area contributed by atoms with Crippen molar-refractivity contribution < 1.29 is 4.79 Å². The molecule has 1 fully saturated rings. The fraction of sp³-hybridized carbons (Fsp3) is 0.667. The molecule has 1 aromatic rings. The molecule has 1 saturated carbocycles. The molecular formula is C12H19N3O. The van der Waals surface area contributed by atoms with Gasteiger partial charge in [0.25, 0.3) is 0 Å². The Bertz CT molecular complexity index is 339. The number of aromatic nitrogens is 2. The van der Waals surface area contributed by atoms with Crippen molar-refractivity contribution in [1.29, 1.82) is 0 Å². The lowest BCUT2D eigenvalue weighted by Gasteiger charge is -2.32. The van der Waals surface area contributed by atoms with Gasteiger partial charge in [0.05, 0.1) is 6.20 Å². The largest absolute Gasteiger partial charge is 0.311 e. The highest BCUT2D eigenvalue weighted by Crippen LogP contribution is 2.38. The summed E-state index contributed by atoms with van der Waals surface area (Å²) in [4.78, 5) is 11.8. The Kier molecular flexibility index (Phi) is 3.27. The van der Waals surface area contributed by atoms with Gasteiger partial charge in [-0.3, -0.25) is 9.89 Å². The number of hydrogen-bond acceptors (Lipinski definition) is 2. The van der Waals surface area contributed by atoms with Crippen molar-refractivity contribution in [2.24, 2.45) is 5.41 Å². The summed E-state index contributed by atoms with van der Waals surface area (Å²) in [5, 5.41) is 9.37. The van der Waals surface area contributed by atoms with E-state index >= 15 is 0 Å². The van der Waals surface area contributed by atoms with Gasteiger partial charge in [0.1, 0.15) is 5.82 Å². The van der Waals surface area contributed by atoms with Crippen LogP contribution in [0.2, 0.25) is 0 Å². The number of carbonyl (C=O) groups excluding carboxylic acids is 1. The van der Waals surface area contributed by atoms with Gasteiger partial charge in [-0.15, -0.1) is 0 Å². The van der Waals surface area contributed by atoms with E-state index in [-0.39, 0.29) is 11.3 Å². The molecule has 2 rings (SSSR count). The molecule has 0 aliphatic heterocycles. The van der Waals surface area contributed by atoms with E-state index in [4.69, 9.17) is 0 Å². The topological polar surface area (TPSA) is 57.8 Å². The second-order valence-corrected chi connectivity index (χ2v) is 5.07. The first-order valence-corrected chi connectivity index (χ1v) is 5.97. The molecule has 1 amide bonds. The minimum Gasteiger partial charge on any atom is -0.311 e. The Labute approximate surface area is 95.8 Å². The Balaban J connectivity index is 1.86. The van der Waals surface area contributed by atoms with Crippen LogP contribution < -0.4 is 5.32 Å². The van der Waals surface area contributed by atoms with Gasteiger partial charge in [-0.1, -0.05) is 26.2 Å². The van der Waals surface area contributed by atoms with Crippen molar-refractivity contribution >= 4 is 11.7 Å². The molecule has 16 heavy (non-hydrogen) atoms. The maximum Gasteiger partial charge on any atom is 0.226 e. The molecule has 0 unspecified atom stereocenters. The summed E-state index contributed by atoms with van der Waals surface area (Å²) in [6.45, 7) is 2.22. The van der Waals surface area contributed by atoms with Crippen LogP contribution in [0.1, 0.15) is 45.4 Å². The van der Waals surface area contributed by atoms with Crippen molar-refractivity contribution in [1.82, 2.24) is 10.2 Å². The van der Waals surface area contributed by atoms with Crippen molar-refractivity contribution in [2.75, 3.05) is 5.32 Å². The van der Waals surface area contributed by atoms with Gasteiger partial charge in [-0.05, 0) is 18.3 Å². The molecule has 4 nitrogen and oxygen atoms in total.